The molecule has 0 saturated heterocycles. The van der Waals surface area contributed by atoms with Gasteiger partial charge in [-0.1, -0.05) is 48.5 Å². The van der Waals surface area contributed by atoms with E-state index in [4.69, 9.17) is 0 Å². The molecular weight excluding hydrogens is 258 g/mol. The van der Waals surface area contributed by atoms with Crippen molar-refractivity contribution in [2.75, 3.05) is 0 Å². The van der Waals surface area contributed by atoms with Crippen LogP contribution in [-0.4, -0.2) is 10.1 Å². The quantitative estimate of drug-likeness (QED) is 0.506. The van der Waals surface area contributed by atoms with Gasteiger partial charge < -0.3 is 5.11 Å². The zero-order valence-corrected chi connectivity index (χ0v) is 11.3. The monoisotopic (exact) mass is 271 g/mol. The molecule has 1 aromatic heterocycles. The zero-order valence-electron chi connectivity index (χ0n) is 11.3. The van der Waals surface area contributed by atoms with E-state index in [0.29, 0.717) is 0 Å². The minimum absolute atomic E-state index is 0.268. The van der Waals surface area contributed by atoms with Crippen molar-refractivity contribution < 1.29 is 5.11 Å². The van der Waals surface area contributed by atoms with Crippen molar-refractivity contribution in [3.8, 4) is 16.9 Å². The van der Waals surface area contributed by atoms with Crippen LogP contribution >= 0.6 is 0 Å². The van der Waals surface area contributed by atoms with Crippen LogP contribution in [0.15, 0.2) is 72.9 Å². The lowest BCUT2D eigenvalue weighted by atomic mass is 9.99. The maximum absolute atomic E-state index is 10.3. The smallest absolute Gasteiger partial charge is 0.125 e. The predicted molar refractivity (Wildman–Crippen MR) is 86.3 cm³/mol. The number of para-hydroxylation sites is 1. The molecule has 4 rings (SSSR count). The summed E-state index contributed by atoms with van der Waals surface area (Å²) in [6.07, 6.45) is 1.74. The second-order valence-corrected chi connectivity index (χ2v) is 5.10. The number of aromatic hydroxyl groups is 1. The lowest BCUT2D eigenvalue weighted by Crippen LogP contribution is -1.85. The molecule has 3 aromatic carbocycles. The van der Waals surface area contributed by atoms with Crippen molar-refractivity contribution >= 4 is 21.7 Å². The van der Waals surface area contributed by atoms with Crippen molar-refractivity contribution in [2.24, 2.45) is 0 Å². The first kappa shape index (κ1) is 11.9. The highest BCUT2D eigenvalue weighted by Gasteiger charge is 2.08. The molecule has 1 heterocycles. The highest BCUT2D eigenvalue weighted by atomic mass is 16.3. The Hall–Kier alpha value is -2.87. The summed E-state index contributed by atoms with van der Waals surface area (Å²) in [6, 6.07) is 22.0. The van der Waals surface area contributed by atoms with Gasteiger partial charge in [0.25, 0.3) is 0 Å². The third-order valence-corrected chi connectivity index (χ3v) is 3.79. The number of pyridine rings is 1. The molecule has 0 spiro atoms. The van der Waals surface area contributed by atoms with Crippen LogP contribution < -0.4 is 0 Å². The second-order valence-electron chi connectivity index (χ2n) is 5.10. The summed E-state index contributed by atoms with van der Waals surface area (Å²) in [5.74, 6) is 0.268. The van der Waals surface area contributed by atoms with Gasteiger partial charge in [-0.15, -0.1) is 0 Å². The molecule has 0 saturated carbocycles. The summed E-state index contributed by atoms with van der Waals surface area (Å²) < 4.78 is 0. The Labute approximate surface area is 122 Å². The van der Waals surface area contributed by atoms with E-state index in [1.165, 1.54) is 0 Å². The molecule has 0 fully saturated rings. The fraction of sp³-hybridized carbons (Fsp3) is 0. The van der Waals surface area contributed by atoms with E-state index in [2.05, 4.69) is 11.1 Å². The Balaban J connectivity index is 2.10. The average molecular weight is 271 g/mol. The average Bonchev–Trinajstić information content (AvgIpc) is 2.55. The SMILES string of the molecule is Oc1cc(-c2ccccc2)cc2c1cnc1ccccc12. The minimum atomic E-state index is 0.268. The third kappa shape index (κ3) is 1.93. The molecule has 1 N–H and O–H groups in total. The summed E-state index contributed by atoms with van der Waals surface area (Å²) in [6.45, 7) is 0. The van der Waals surface area contributed by atoms with Crippen LogP contribution in [-0.2, 0) is 0 Å². The molecule has 100 valence electrons. The number of hydrogen-bond donors (Lipinski definition) is 1. The number of phenolic OH excluding ortho intramolecular Hbond substituents is 1. The van der Waals surface area contributed by atoms with Gasteiger partial charge in [-0.05, 0) is 34.7 Å². The van der Waals surface area contributed by atoms with Crippen LogP contribution in [0.25, 0.3) is 32.8 Å². The van der Waals surface area contributed by atoms with Crippen LogP contribution in [0.5, 0.6) is 5.75 Å². The van der Waals surface area contributed by atoms with Crippen molar-refractivity contribution in [3.05, 3.63) is 72.9 Å². The summed E-state index contributed by atoms with van der Waals surface area (Å²) in [7, 11) is 0. The first-order valence-corrected chi connectivity index (χ1v) is 6.89. The van der Waals surface area contributed by atoms with Gasteiger partial charge in [-0.2, -0.15) is 0 Å². The highest BCUT2D eigenvalue weighted by Crippen LogP contribution is 2.34. The molecule has 21 heavy (non-hydrogen) atoms. The Morgan fingerprint density at radius 1 is 0.667 bits per heavy atom. The van der Waals surface area contributed by atoms with Crippen LogP contribution in [0.3, 0.4) is 0 Å². The van der Waals surface area contributed by atoms with Gasteiger partial charge in [0.2, 0.25) is 0 Å². The first-order chi connectivity index (χ1) is 10.3. The first-order valence-electron chi connectivity index (χ1n) is 6.89. The van der Waals surface area contributed by atoms with Crippen molar-refractivity contribution in [1.82, 2.24) is 4.98 Å². The fourth-order valence-corrected chi connectivity index (χ4v) is 2.74. The summed E-state index contributed by atoms with van der Waals surface area (Å²) in [4.78, 5) is 4.41. The molecular formula is C19H13NO. The molecule has 2 nitrogen and oxygen atoms in total. The summed E-state index contributed by atoms with van der Waals surface area (Å²) in [5.41, 5.74) is 3.04. The predicted octanol–water partition coefficient (Wildman–Crippen LogP) is 4.76. The Bertz CT molecular complexity index is 945. The molecule has 0 atom stereocenters. The molecule has 0 aliphatic carbocycles. The summed E-state index contributed by atoms with van der Waals surface area (Å²) >= 11 is 0. The van der Waals surface area contributed by atoms with E-state index in [-0.39, 0.29) is 5.75 Å². The van der Waals surface area contributed by atoms with Gasteiger partial charge in [0, 0.05) is 17.0 Å². The van der Waals surface area contributed by atoms with E-state index in [0.717, 1.165) is 32.8 Å². The van der Waals surface area contributed by atoms with E-state index in [1.807, 2.05) is 54.6 Å². The Morgan fingerprint density at radius 2 is 1.43 bits per heavy atom. The topological polar surface area (TPSA) is 33.1 Å². The number of phenols is 1. The fourth-order valence-electron chi connectivity index (χ4n) is 2.74. The number of nitrogens with zero attached hydrogens (tertiary/aromatic N) is 1. The number of aromatic nitrogens is 1. The van der Waals surface area contributed by atoms with Crippen LogP contribution in [0.4, 0.5) is 0 Å². The van der Waals surface area contributed by atoms with E-state index in [9.17, 15) is 5.11 Å². The van der Waals surface area contributed by atoms with Gasteiger partial charge in [0.15, 0.2) is 0 Å². The maximum Gasteiger partial charge on any atom is 0.125 e. The Morgan fingerprint density at radius 3 is 2.29 bits per heavy atom. The van der Waals surface area contributed by atoms with Crippen molar-refractivity contribution in [2.45, 2.75) is 0 Å². The van der Waals surface area contributed by atoms with Gasteiger partial charge in [0.1, 0.15) is 5.75 Å². The highest BCUT2D eigenvalue weighted by molar-refractivity contribution is 6.08. The molecule has 4 aromatic rings. The van der Waals surface area contributed by atoms with Gasteiger partial charge in [-0.25, -0.2) is 0 Å². The lowest BCUT2D eigenvalue weighted by Gasteiger charge is -2.09. The van der Waals surface area contributed by atoms with Gasteiger partial charge in [-0.3, -0.25) is 4.98 Å². The van der Waals surface area contributed by atoms with E-state index >= 15 is 0 Å². The van der Waals surface area contributed by atoms with Crippen LogP contribution in [0, 0.1) is 0 Å². The number of fused-ring (bicyclic) bond motifs is 3. The largest absolute Gasteiger partial charge is 0.507 e. The van der Waals surface area contributed by atoms with Crippen molar-refractivity contribution in [1.29, 1.82) is 0 Å². The normalized spacial score (nSPS) is 11.0. The lowest BCUT2D eigenvalue weighted by molar-refractivity contribution is 0.482. The third-order valence-electron chi connectivity index (χ3n) is 3.79. The maximum atomic E-state index is 10.3. The molecule has 0 radical (unpaired) electrons. The standard InChI is InChI=1S/C19H13NO/c21-19-11-14(13-6-2-1-3-7-13)10-16-15-8-4-5-9-18(15)20-12-17(16)19/h1-12,21H. The summed E-state index contributed by atoms with van der Waals surface area (Å²) in [5, 5.41) is 13.2. The molecule has 0 bridgehead atoms. The van der Waals surface area contributed by atoms with Crippen LogP contribution in [0.1, 0.15) is 0 Å². The number of rotatable bonds is 1. The zero-order chi connectivity index (χ0) is 14.2. The van der Waals surface area contributed by atoms with E-state index < -0.39 is 0 Å². The molecule has 0 aliphatic heterocycles. The van der Waals surface area contributed by atoms with E-state index in [1.54, 1.807) is 12.3 Å². The van der Waals surface area contributed by atoms with Crippen molar-refractivity contribution in [3.63, 3.8) is 0 Å². The minimum Gasteiger partial charge on any atom is -0.507 e. The number of hydrogen-bond acceptors (Lipinski definition) is 2. The van der Waals surface area contributed by atoms with Gasteiger partial charge in [0.05, 0.1) is 5.52 Å². The Kier molecular flexibility index (Phi) is 2.61. The molecule has 0 aliphatic rings. The van der Waals surface area contributed by atoms with Crippen LogP contribution in [0.2, 0.25) is 0 Å². The molecule has 0 unspecified atom stereocenters. The number of benzene rings is 3. The second kappa shape index (κ2) is 4.60. The molecule has 2 heteroatoms. The molecule has 0 amide bonds. The van der Waals surface area contributed by atoms with Gasteiger partial charge >= 0.3 is 0 Å².